The van der Waals surface area contributed by atoms with E-state index in [-0.39, 0.29) is 11.8 Å². The molecule has 9 heteroatoms. The van der Waals surface area contributed by atoms with Crippen LogP contribution >= 0.6 is 0 Å². The van der Waals surface area contributed by atoms with Crippen molar-refractivity contribution in [3.63, 3.8) is 0 Å². The monoisotopic (exact) mass is 272 g/mol. The zero-order valence-electron chi connectivity index (χ0n) is 10.1. The second-order valence-corrected chi connectivity index (χ2v) is 5.20. The van der Waals surface area contributed by atoms with E-state index >= 15 is 0 Å². The molecule has 0 aromatic carbocycles. The van der Waals surface area contributed by atoms with Crippen molar-refractivity contribution in [2.45, 2.75) is 50.0 Å². The van der Waals surface area contributed by atoms with E-state index in [1.807, 2.05) is 0 Å². The quantitative estimate of drug-likeness (QED) is 0.651. The van der Waals surface area contributed by atoms with Crippen LogP contribution in [0, 0.1) is 21.6 Å². The van der Waals surface area contributed by atoms with Crippen LogP contribution in [0.5, 0.6) is 0 Å². The Balaban J connectivity index is 1.89. The van der Waals surface area contributed by atoms with E-state index in [0.29, 0.717) is 12.8 Å². The van der Waals surface area contributed by atoms with E-state index in [0.717, 1.165) is 0 Å². The highest BCUT2D eigenvalue weighted by molar-refractivity contribution is 5.00. The SMILES string of the molecule is NC1OC(N)C2OC(N=O)CC3CC(N=O)OC1C32. The molecule has 0 aliphatic carbocycles. The highest BCUT2D eigenvalue weighted by Gasteiger charge is 2.55. The molecular formula is C10H16N4O5. The smallest absolute Gasteiger partial charge is 0.190 e. The lowest BCUT2D eigenvalue weighted by atomic mass is 9.72. The molecule has 0 saturated carbocycles. The summed E-state index contributed by atoms with van der Waals surface area (Å²) in [6, 6.07) is 0. The largest absolute Gasteiger partial charge is 0.345 e. The number of hydrogen-bond donors (Lipinski definition) is 2. The molecule has 4 N–H and O–H groups in total. The van der Waals surface area contributed by atoms with E-state index in [1.165, 1.54) is 0 Å². The van der Waals surface area contributed by atoms with Gasteiger partial charge in [-0.1, -0.05) is 0 Å². The topological polar surface area (TPSA) is 139 Å². The predicted octanol–water partition coefficient (Wildman–Crippen LogP) is -0.419. The third-order valence-corrected chi connectivity index (χ3v) is 4.14. The maximum atomic E-state index is 10.7. The molecule has 3 rings (SSSR count). The van der Waals surface area contributed by atoms with Crippen molar-refractivity contribution in [1.82, 2.24) is 0 Å². The minimum atomic E-state index is -0.777. The van der Waals surface area contributed by atoms with Gasteiger partial charge >= 0.3 is 0 Å². The lowest BCUT2D eigenvalue weighted by Crippen LogP contribution is -2.67. The molecule has 0 bridgehead atoms. The fourth-order valence-electron chi connectivity index (χ4n) is 3.37. The van der Waals surface area contributed by atoms with Gasteiger partial charge in [0.1, 0.15) is 24.7 Å². The summed E-state index contributed by atoms with van der Waals surface area (Å²) in [5.74, 6) is -0.0846. The molecule has 19 heavy (non-hydrogen) atoms. The van der Waals surface area contributed by atoms with Gasteiger partial charge in [-0.3, -0.25) is 0 Å². The summed E-state index contributed by atoms with van der Waals surface area (Å²) in [5, 5.41) is 5.85. The van der Waals surface area contributed by atoms with E-state index in [9.17, 15) is 9.81 Å². The van der Waals surface area contributed by atoms with Crippen molar-refractivity contribution >= 4 is 0 Å². The van der Waals surface area contributed by atoms with Crippen molar-refractivity contribution in [3.8, 4) is 0 Å². The van der Waals surface area contributed by atoms with Crippen LogP contribution in [-0.4, -0.2) is 37.1 Å². The molecule has 0 amide bonds. The van der Waals surface area contributed by atoms with Gasteiger partial charge in [0.2, 0.25) is 0 Å². The second kappa shape index (κ2) is 4.84. The van der Waals surface area contributed by atoms with Gasteiger partial charge in [0, 0.05) is 18.8 Å². The predicted molar refractivity (Wildman–Crippen MR) is 62.2 cm³/mol. The number of nitrogens with zero attached hydrogens (tertiary/aromatic N) is 2. The van der Waals surface area contributed by atoms with Crippen LogP contribution in [-0.2, 0) is 14.2 Å². The molecule has 6 atom stereocenters. The summed E-state index contributed by atoms with van der Waals surface area (Å²) in [6.07, 6.45) is -3.16. The van der Waals surface area contributed by atoms with E-state index in [4.69, 9.17) is 25.7 Å². The minimum absolute atomic E-state index is 0.0175. The van der Waals surface area contributed by atoms with Crippen molar-refractivity contribution in [1.29, 1.82) is 0 Å². The molecule has 0 aromatic rings. The van der Waals surface area contributed by atoms with Gasteiger partial charge in [-0.05, 0) is 16.3 Å². The lowest BCUT2D eigenvalue weighted by molar-refractivity contribution is -0.293. The molecule has 3 aliphatic heterocycles. The number of hydrogen-bond acceptors (Lipinski definition) is 9. The number of rotatable bonds is 2. The lowest BCUT2D eigenvalue weighted by Gasteiger charge is -2.53. The van der Waals surface area contributed by atoms with Crippen molar-refractivity contribution in [2.75, 3.05) is 0 Å². The Hall–Kier alpha value is -1.00. The normalized spacial score (nSPS) is 53.2. The molecule has 6 unspecified atom stereocenters. The maximum Gasteiger partial charge on any atom is 0.190 e. The summed E-state index contributed by atoms with van der Waals surface area (Å²) < 4.78 is 16.4. The van der Waals surface area contributed by atoms with Gasteiger partial charge in [-0.25, -0.2) is 0 Å². The summed E-state index contributed by atoms with van der Waals surface area (Å²) in [5.41, 5.74) is 11.7. The van der Waals surface area contributed by atoms with E-state index in [2.05, 4.69) is 10.4 Å². The van der Waals surface area contributed by atoms with Gasteiger partial charge in [0.15, 0.2) is 12.5 Å². The maximum absolute atomic E-state index is 10.7. The van der Waals surface area contributed by atoms with Crippen LogP contribution in [0.15, 0.2) is 10.4 Å². The molecule has 3 fully saturated rings. The molecule has 3 saturated heterocycles. The average molecular weight is 272 g/mol. The van der Waals surface area contributed by atoms with E-state index in [1.54, 1.807) is 0 Å². The molecule has 0 aromatic heterocycles. The summed E-state index contributed by atoms with van der Waals surface area (Å²) >= 11 is 0. The Labute approximate surface area is 108 Å². The van der Waals surface area contributed by atoms with Gasteiger partial charge < -0.3 is 25.7 Å². The third kappa shape index (κ3) is 2.07. The first-order valence-corrected chi connectivity index (χ1v) is 6.26. The first kappa shape index (κ1) is 13.0. The molecular weight excluding hydrogens is 256 g/mol. The van der Waals surface area contributed by atoms with Crippen molar-refractivity contribution < 1.29 is 14.2 Å². The average Bonchev–Trinajstić information content (AvgIpc) is 2.43. The van der Waals surface area contributed by atoms with Gasteiger partial charge in [-0.15, -0.1) is 9.81 Å². The Morgan fingerprint density at radius 1 is 0.842 bits per heavy atom. The Morgan fingerprint density at radius 3 is 1.74 bits per heavy atom. The first-order chi connectivity index (χ1) is 9.13. The van der Waals surface area contributed by atoms with Crippen molar-refractivity contribution in [3.05, 3.63) is 9.81 Å². The highest BCUT2D eigenvalue weighted by atomic mass is 16.6. The zero-order chi connectivity index (χ0) is 13.6. The summed E-state index contributed by atoms with van der Waals surface area (Å²) in [7, 11) is 0. The third-order valence-electron chi connectivity index (χ3n) is 4.14. The fourth-order valence-corrected chi connectivity index (χ4v) is 3.37. The molecule has 3 heterocycles. The Morgan fingerprint density at radius 2 is 1.32 bits per heavy atom. The standard InChI is InChI=1S/C10H16N4O5/c11-9-7-6-3(1-4(13-15)17-7)2-5(14-16)18-8(6)10(12)19-9/h3-10H,1-2,11-12H2. The second-order valence-electron chi connectivity index (χ2n) is 5.20. The molecule has 106 valence electrons. The van der Waals surface area contributed by atoms with Gasteiger partial charge in [-0.2, -0.15) is 0 Å². The number of ether oxygens (including phenoxy) is 3. The fraction of sp³-hybridized carbons (Fsp3) is 1.00. The first-order valence-electron chi connectivity index (χ1n) is 6.26. The molecule has 0 spiro atoms. The summed E-state index contributed by atoms with van der Waals surface area (Å²) in [4.78, 5) is 21.4. The van der Waals surface area contributed by atoms with Crippen LogP contribution in [0.3, 0.4) is 0 Å². The molecule has 9 nitrogen and oxygen atoms in total. The van der Waals surface area contributed by atoms with Crippen LogP contribution in [0.25, 0.3) is 0 Å². The van der Waals surface area contributed by atoms with Gasteiger partial charge in [0.25, 0.3) is 0 Å². The van der Waals surface area contributed by atoms with Crippen LogP contribution in [0.2, 0.25) is 0 Å². The van der Waals surface area contributed by atoms with E-state index < -0.39 is 37.1 Å². The number of nitroso groups, excluding NO2 is 2. The van der Waals surface area contributed by atoms with Crippen LogP contribution < -0.4 is 11.5 Å². The Kier molecular flexibility index (Phi) is 3.31. The minimum Gasteiger partial charge on any atom is -0.345 e. The summed E-state index contributed by atoms with van der Waals surface area (Å²) in [6.45, 7) is 0. The van der Waals surface area contributed by atoms with Crippen LogP contribution in [0.1, 0.15) is 12.8 Å². The molecule has 0 radical (unpaired) electrons. The Bertz CT molecular complexity index is 351. The van der Waals surface area contributed by atoms with Crippen molar-refractivity contribution in [2.24, 2.45) is 33.7 Å². The van der Waals surface area contributed by atoms with Crippen LogP contribution in [0.4, 0.5) is 0 Å². The van der Waals surface area contributed by atoms with Gasteiger partial charge in [0.05, 0.1) is 0 Å². The number of nitrogens with two attached hydrogens (primary N) is 2. The molecule has 3 aliphatic rings. The zero-order valence-corrected chi connectivity index (χ0v) is 10.1. The highest BCUT2D eigenvalue weighted by Crippen LogP contribution is 2.45.